The van der Waals surface area contributed by atoms with Gasteiger partial charge in [-0.05, 0) is 45.7 Å². The molecule has 0 unspecified atom stereocenters. The molecule has 2 aliphatic rings. The van der Waals surface area contributed by atoms with Crippen LogP contribution in [-0.4, -0.2) is 50.8 Å². The molecule has 1 aromatic rings. The minimum absolute atomic E-state index is 0.0320. The molecule has 2 atom stereocenters. The number of hydrogen-bond acceptors (Lipinski definition) is 7. The van der Waals surface area contributed by atoms with Crippen LogP contribution >= 0.6 is 0 Å². The third kappa shape index (κ3) is 3.46. The summed E-state index contributed by atoms with van der Waals surface area (Å²) in [5.41, 5.74) is 0.620. The number of aryl methyl sites for hydroxylation is 1. The van der Waals surface area contributed by atoms with Gasteiger partial charge >= 0.3 is 11.9 Å². The van der Waals surface area contributed by atoms with Crippen LogP contribution in [-0.2, 0) is 33.9 Å². The maximum absolute atomic E-state index is 13.5. The van der Waals surface area contributed by atoms with Crippen molar-refractivity contribution >= 4 is 27.9 Å². The smallest absolute Gasteiger partial charge is 0.335 e. The van der Waals surface area contributed by atoms with E-state index in [1.807, 2.05) is 13.8 Å². The first-order valence-corrected chi connectivity index (χ1v) is 11.1. The van der Waals surface area contributed by atoms with Gasteiger partial charge in [-0.2, -0.15) is 0 Å². The van der Waals surface area contributed by atoms with E-state index in [1.165, 1.54) is 19.2 Å². The zero-order valence-electron chi connectivity index (χ0n) is 18.1. The van der Waals surface area contributed by atoms with E-state index in [0.29, 0.717) is 0 Å². The summed E-state index contributed by atoms with van der Waals surface area (Å²) in [5.74, 6) is -2.57. The Morgan fingerprint density at radius 1 is 1.03 bits per heavy atom. The number of fused-ring (bicyclic) bond motifs is 1. The van der Waals surface area contributed by atoms with Crippen LogP contribution in [0.2, 0.25) is 0 Å². The molecule has 1 aliphatic heterocycles. The second-order valence-corrected chi connectivity index (χ2v) is 9.74. The summed E-state index contributed by atoms with van der Waals surface area (Å²) in [4.78, 5) is 38.8. The first kappa shape index (κ1) is 22.7. The van der Waals surface area contributed by atoms with Gasteiger partial charge < -0.3 is 9.47 Å². The molecule has 0 bridgehead atoms. The normalized spacial score (nSPS) is 23.8. The Morgan fingerprint density at radius 3 is 2.19 bits per heavy atom. The van der Waals surface area contributed by atoms with Crippen molar-refractivity contribution in [1.82, 2.24) is 4.31 Å². The van der Waals surface area contributed by atoms with E-state index in [-0.39, 0.29) is 23.3 Å². The molecule has 8 nitrogen and oxygen atoms in total. The van der Waals surface area contributed by atoms with E-state index in [0.717, 1.165) is 34.2 Å². The number of esters is 2. The van der Waals surface area contributed by atoms with E-state index >= 15 is 0 Å². The molecule has 1 aliphatic carbocycles. The molecule has 0 saturated heterocycles. The Kier molecular flexibility index (Phi) is 5.84. The average molecular weight is 448 g/mol. The van der Waals surface area contributed by atoms with Crippen LogP contribution in [0.5, 0.6) is 0 Å². The minimum atomic E-state index is -4.32. The number of carbonyl (C=O) groups excluding carboxylic acids is 3. The van der Waals surface area contributed by atoms with Gasteiger partial charge in [0.05, 0.1) is 30.7 Å². The third-order valence-corrected chi connectivity index (χ3v) is 7.94. The van der Waals surface area contributed by atoms with E-state index in [4.69, 9.17) is 9.47 Å². The highest BCUT2D eigenvalue weighted by Gasteiger charge is 2.61. The molecule has 0 aromatic heterocycles. The molecule has 1 aromatic carbocycles. The first-order chi connectivity index (χ1) is 14.5. The van der Waals surface area contributed by atoms with Gasteiger partial charge in [0.2, 0.25) is 0 Å². The van der Waals surface area contributed by atoms with Gasteiger partial charge in [0.25, 0.3) is 15.9 Å². The fourth-order valence-electron chi connectivity index (χ4n) is 4.31. The van der Waals surface area contributed by atoms with Crippen molar-refractivity contribution in [3.63, 3.8) is 0 Å². The van der Waals surface area contributed by atoms with Crippen molar-refractivity contribution in [2.75, 3.05) is 14.2 Å². The summed E-state index contributed by atoms with van der Waals surface area (Å²) >= 11 is 0. The van der Waals surface area contributed by atoms with Gasteiger partial charge in [0, 0.05) is 6.08 Å². The summed E-state index contributed by atoms with van der Waals surface area (Å²) in [6.45, 7) is 5.43. The SMILES string of the molecule is COC(=O)C1=CC(=O)N(S(=O)(=O)c2ccc(C)cc2)[C@@H]2CC(C)=C(C)C[C@]12C(=O)OC. The number of hydrogen-bond donors (Lipinski definition) is 0. The van der Waals surface area contributed by atoms with Crippen LogP contribution in [0.4, 0.5) is 0 Å². The summed E-state index contributed by atoms with van der Waals surface area (Å²) < 4.78 is 37.7. The predicted molar refractivity (Wildman–Crippen MR) is 111 cm³/mol. The summed E-state index contributed by atoms with van der Waals surface area (Å²) in [7, 11) is -2.01. The molecule has 0 N–H and O–H groups in total. The molecular weight excluding hydrogens is 422 g/mol. The number of carbonyl (C=O) groups is 3. The van der Waals surface area contributed by atoms with Crippen LogP contribution in [0.1, 0.15) is 32.3 Å². The Hall–Kier alpha value is -2.94. The number of methoxy groups -OCH3 is 2. The van der Waals surface area contributed by atoms with E-state index < -0.39 is 39.3 Å². The Morgan fingerprint density at radius 2 is 1.65 bits per heavy atom. The molecule has 1 heterocycles. The number of rotatable bonds is 4. The molecule has 0 spiro atoms. The molecule has 0 radical (unpaired) electrons. The molecule has 0 saturated carbocycles. The fourth-order valence-corrected chi connectivity index (χ4v) is 5.90. The lowest BCUT2D eigenvalue weighted by atomic mass is 9.62. The molecule has 1 amide bonds. The molecule has 9 heteroatoms. The van der Waals surface area contributed by atoms with Gasteiger partial charge in [-0.3, -0.25) is 9.59 Å². The van der Waals surface area contributed by atoms with Gasteiger partial charge in [-0.15, -0.1) is 0 Å². The Labute approximate surface area is 181 Å². The molecule has 166 valence electrons. The lowest BCUT2D eigenvalue weighted by Crippen LogP contribution is -2.62. The molecule has 31 heavy (non-hydrogen) atoms. The third-order valence-electron chi connectivity index (χ3n) is 6.12. The van der Waals surface area contributed by atoms with Crippen molar-refractivity contribution in [1.29, 1.82) is 0 Å². The number of ether oxygens (including phenoxy) is 2. The number of benzene rings is 1. The zero-order chi connectivity index (χ0) is 23.1. The van der Waals surface area contributed by atoms with Crippen molar-refractivity contribution < 1.29 is 32.3 Å². The first-order valence-electron chi connectivity index (χ1n) is 9.70. The highest BCUT2D eigenvalue weighted by molar-refractivity contribution is 7.89. The standard InChI is InChI=1S/C22H25NO7S/c1-13-6-8-16(9-7-13)31(27,28)23-18-10-14(2)15(3)12-22(18,21(26)30-5)17(11-19(23)24)20(25)29-4/h6-9,11,18H,10,12H2,1-5H3/t18-,22+/m1/s1. The topological polar surface area (TPSA) is 107 Å². The van der Waals surface area contributed by atoms with Crippen molar-refractivity contribution in [2.45, 2.75) is 44.6 Å². The van der Waals surface area contributed by atoms with E-state index in [2.05, 4.69) is 0 Å². The Bertz CT molecular complexity index is 1120. The maximum atomic E-state index is 13.5. The van der Waals surface area contributed by atoms with Gasteiger partial charge in [0.1, 0.15) is 5.41 Å². The van der Waals surface area contributed by atoms with E-state index in [9.17, 15) is 22.8 Å². The highest BCUT2D eigenvalue weighted by Crippen LogP contribution is 2.51. The number of amides is 1. The minimum Gasteiger partial charge on any atom is -0.468 e. The van der Waals surface area contributed by atoms with E-state index in [1.54, 1.807) is 19.1 Å². The zero-order valence-corrected chi connectivity index (χ0v) is 18.9. The van der Waals surface area contributed by atoms with Crippen LogP contribution in [0.15, 0.2) is 52.0 Å². The lowest BCUT2D eigenvalue weighted by Gasteiger charge is -2.49. The second kappa shape index (κ2) is 7.96. The largest absolute Gasteiger partial charge is 0.468 e. The second-order valence-electron chi connectivity index (χ2n) is 7.92. The van der Waals surface area contributed by atoms with Crippen LogP contribution in [0, 0.1) is 12.3 Å². The number of nitrogens with zero attached hydrogens (tertiary/aromatic N) is 1. The van der Waals surface area contributed by atoms with Crippen LogP contribution < -0.4 is 0 Å². The molecule has 3 rings (SSSR count). The van der Waals surface area contributed by atoms with Gasteiger partial charge in [0.15, 0.2) is 0 Å². The maximum Gasteiger partial charge on any atom is 0.335 e. The lowest BCUT2D eigenvalue weighted by molar-refractivity contribution is -0.159. The molecular formula is C22H25NO7S. The monoisotopic (exact) mass is 447 g/mol. The van der Waals surface area contributed by atoms with Crippen LogP contribution in [0.3, 0.4) is 0 Å². The highest BCUT2D eigenvalue weighted by atomic mass is 32.2. The summed E-state index contributed by atoms with van der Waals surface area (Å²) in [6.07, 6.45) is 1.01. The van der Waals surface area contributed by atoms with Crippen molar-refractivity contribution in [3.05, 3.63) is 52.6 Å². The summed E-state index contributed by atoms with van der Waals surface area (Å²) in [6, 6.07) is 4.91. The average Bonchev–Trinajstić information content (AvgIpc) is 2.73. The molecule has 0 fully saturated rings. The van der Waals surface area contributed by atoms with Gasteiger partial charge in [-0.25, -0.2) is 17.5 Å². The quantitative estimate of drug-likeness (QED) is 0.515. The summed E-state index contributed by atoms with van der Waals surface area (Å²) in [5, 5.41) is 0. The van der Waals surface area contributed by atoms with Crippen LogP contribution in [0.25, 0.3) is 0 Å². The Balaban J connectivity index is 2.31. The van der Waals surface area contributed by atoms with Gasteiger partial charge in [-0.1, -0.05) is 28.8 Å². The van der Waals surface area contributed by atoms with Crippen molar-refractivity contribution in [3.8, 4) is 0 Å². The number of allylic oxidation sites excluding steroid dienone is 1. The number of sulfonamides is 1. The van der Waals surface area contributed by atoms with Crippen molar-refractivity contribution in [2.24, 2.45) is 5.41 Å². The predicted octanol–water partition coefficient (Wildman–Crippen LogP) is 2.28. The fraction of sp³-hybridized carbons (Fsp3) is 0.409.